The zero-order valence-electron chi connectivity index (χ0n) is 13.0. The highest BCUT2D eigenvalue weighted by molar-refractivity contribution is 5.88. The van der Waals surface area contributed by atoms with E-state index in [1.165, 1.54) is 24.3 Å². The van der Waals surface area contributed by atoms with E-state index < -0.39 is 11.4 Å². The number of furan rings is 1. The van der Waals surface area contributed by atoms with Crippen LogP contribution in [0.4, 0.5) is 4.39 Å². The van der Waals surface area contributed by atoms with Gasteiger partial charge in [-0.15, -0.1) is 0 Å². The minimum Gasteiger partial charge on any atom is -0.475 e. The van der Waals surface area contributed by atoms with E-state index in [-0.39, 0.29) is 24.0 Å². The van der Waals surface area contributed by atoms with Gasteiger partial charge in [0, 0.05) is 0 Å². The number of amides is 1. The summed E-state index contributed by atoms with van der Waals surface area (Å²) in [7, 11) is 0. The fraction of sp³-hybridized carbons (Fsp3) is 0.333. The van der Waals surface area contributed by atoms with E-state index >= 15 is 0 Å². The van der Waals surface area contributed by atoms with Crippen LogP contribution in [-0.2, 0) is 16.8 Å². The summed E-state index contributed by atoms with van der Waals surface area (Å²) >= 11 is 0. The van der Waals surface area contributed by atoms with Crippen molar-refractivity contribution in [3.05, 3.63) is 59.3 Å². The highest BCUT2D eigenvalue weighted by Gasteiger charge is 2.42. The van der Waals surface area contributed by atoms with Crippen LogP contribution in [-0.4, -0.2) is 17.0 Å². The molecule has 3 rings (SSSR count). The second kappa shape index (κ2) is 6.47. The maximum atomic E-state index is 13.2. The van der Waals surface area contributed by atoms with Crippen LogP contribution in [0.5, 0.6) is 0 Å². The van der Waals surface area contributed by atoms with Crippen LogP contribution in [0.1, 0.15) is 47.6 Å². The quantitative estimate of drug-likeness (QED) is 0.881. The molecule has 0 aliphatic heterocycles. The van der Waals surface area contributed by atoms with Gasteiger partial charge in [0.15, 0.2) is 0 Å². The molecule has 1 aromatic heterocycles. The summed E-state index contributed by atoms with van der Waals surface area (Å²) in [6.45, 7) is 0.120. The SMILES string of the molecule is O=C(O)c1ccc(CNC(=O)C2(c3ccc(F)cc3)CCCC2)o1. The molecule has 0 saturated heterocycles. The Morgan fingerprint density at radius 1 is 1.12 bits per heavy atom. The van der Waals surface area contributed by atoms with Gasteiger partial charge in [0.1, 0.15) is 11.6 Å². The molecular formula is C18H18FNO4. The lowest BCUT2D eigenvalue weighted by molar-refractivity contribution is -0.126. The molecule has 1 saturated carbocycles. The summed E-state index contributed by atoms with van der Waals surface area (Å²) in [6.07, 6.45) is 3.30. The number of rotatable bonds is 5. The standard InChI is InChI=1S/C18H18FNO4/c19-13-5-3-12(4-6-13)18(9-1-2-10-18)17(23)20-11-14-7-8-15(24-14)16(21)22/h3-8H,1-2,9-11H2,(H,20,23)(H,21,22). The minimum absolute atomic E-state index is 0.120. The fourth-order valence-electron chi connectivity index (χ4n) is 3.32. The Kier molecular flexibility index (Phi) is 4.38. The van der Waals surface area contributed by atoms with E-state index in [0.717, 1.165) is 18.4 Å². The van der Waals surface area contributed by atoms with E-state index in [2.05, 4.69) is 5.32 Å². The fourth-order valence-corrected chi connectivity index (χ4v) is 3.32. The molecule has 1 aromatic carbocycles. The molecule has 5 nitrogen and oxygen atoms in total. The first-order valence-corrected chi connectivity index (χ1v) is 7.88. The molecule has 1 fully saturated rings. The third-order valence-corrected chi connectivity index (χ3v) is 4.58. The Hall–Kier alpha value is -2.63. The number of carboxylic acids is 1. The maximum absolute atomic E-state index is 13.2. The summed E-state index contributed by atoms with van der Waals surface area (Å²) in [5.74, 6) is -1.39. The minimum atomic E-state index is -1.15. The lowest BCUT2D eigenvalue weighted by Gasteiger charge is -2.28. The molecule has 2 N–H and O–H groups in total. The smallest absolute Gasteiger partial charge is 0.371 e. The van der Waals surface area contributed by atoms with Crippen molar-refractivity contribution >= 4 is 11.9 Å². The molecule has 0 radical (unpaired) electrons. The van der Waals surface area contributed by atoms with Gasteiger partial charge in [-0.3, -0.25) is 4.79 Å². The van der Waals surface area contributed by atoms with E-state index in [9.17, 15) is 14.0 Å². The van der Waals surface area contributed by atoms with Gasteiger partial charge in [0.25, 0.3) is 0 Å². The van der Waals surface area contributed by atoms with Gasteiger partial charge in [-0.1, -0.05) is 25.0 Å². The number of aromatic carboxylic acids is 1. The zero-order chi connectivity index (χ0) is 17.2. The Morgan fingerprint density at radius 2 is 1.79 bits per heavy atom. The molecule has 1 aliphatic rings. The number of hydrogen-bond donors (Lipinski definition) is 2. The highest BCUT2D eigenvalue weighted by Crippen LogP contribution is 2.41. The van der Waals surface area contributed by atoms with Crippen molar-refractivity contribution in [2.45, 2.75) is 37.6 Å². The van der Waals surface area contributed by atoms with E-state index in [1.54, 1.807) is 12.1 Å². The number of halogens is 1. The van der Waals surface area contributed by atoms with Crippen molar-refractivity contribution in [1.82, 2.24) is 5.32 Å². The van der Waals surface area contributed by atoms with Gasteiger partial charge in [0.05, 0.1) is 12.0 Å². The first-order chi connectivity index (χ1) is 11.5. The molecule has 126 valence electrons. The van der Waals surface area contributed by atoms with Crippen molar-refractivity contribution in [3.8, 4) is 0 Å². The van der Waals surface area contributed by atoms with E-state index in [0.29, 0.717) is 18.6 Å². The predicted molar refractivity (Wildman–Crippen MR) is 84.1 cm³/mol. The number of carboxylic acid groups (broad SMARTS) is 1. The first-order valence-electron chi connectivity index (χ1n) is 7.88. The molecule has 1 amide bonds. The number of hydrogen-bond acceptors (Lipinski definition) is 3. The maximum Gasteiger partial charge on any atom is 0.371 e. The average molecular weight is 331 g/mol. The molecule has 2 aromatic rings. The van der Waals surface area contributed by atoms with Gasteiger partial charge in [-0.05, 0) is 42.7 Å². The number of carbonyl (C=O) groups is 2. The van der Waals surface area contributed by atoms with Gasteiger partial charge in [-0.2, -0.15) is 0 Å². The summed E-state index contributed by atoms with van der Waals surface area (Å²) < 4.78 is 18.3. The second-order valence-electron chi connectivity index (χ2n) is 6.05. The van der Waals surface area contributed by atoms with Gasteiger partial charge in [0.2, 0.25) is 11.7 Å². The topological polar surface area (TPSA) is 79.5 Å². The highest BCUT2D eigenvalue weighted by atomic mass is 19.1. The molecule has 1 heterocycles. The normalized spacial score (nSPS) is 16.0. The summed E-state index contributed by atoms with van der Waals surface area (Å²) in [5.41, 5.74) is 0.153. The van der Waals surface area contributed by atoms with Crippen molar-refractivity contribution in [2.75, 3.05) is 0 Å². The summed E-state index contributed by atoms with van der Waals surface area (Å²) in [6, 6.07) is 8.95. The van der Waals surface area contributed by atoms with E-state index in [1.807, 2.05) is 0 Å². The zero-order valence-corrected chi connectivity index (χ0v) is 13.0. The van der Waals surface area contributed by atoms with Crippen molar-refractivity contribution in [2.24, 2.45) is 0 Å². The van der Waals surface area contributed by atoms with Crippen LogP contribution in [0, 0.1) is 5.82 Å². The third-order valence-electron chi connectivity index (χ3n) is 4.58. The molecule has 0 atom stereocenters. The van der Waals surface area contributed by atoms with Gasteiger partial charge in [-0.25, -0.2) is 9.18 Å². The van der Waals surface area contributed by atoms with Crippen molar-refractivity contribution in [1.29, 1.82) is 0 Å². The van der Waals surface area contributed by atoms with Crippen LogP contribution in [0.3, 0.4) is 0 Å². The van der Waals surface area contributed by atoms with Gasteiger partial charge < -0.3 is 14.8 Å². The van der Waals surface area contributed by atoms with Crippen molar-refractivity contribution < 1.29 is 23.5 Å². The van der Waals surface area contributed by atoms with E-state index in [4.69, 9.17) is 9.52 Å². The third kappa shape index (κ3) is 3.04. The van der Waals surface area contributed by atoms with Crippen LogP contribution >= 0.6 is 0 Å². The molecule has 24 heavy (non-hydrogen) atoms. The lowest BCUT2D eigenvalue weighted by Crippen LogP contribution is -2.42. The predicted octanol–water partition coefficient (Wildman–Crippen LogP) is 3.25. The monoisotopic (exact) mass is 331 g/mol. The number of nitrogens with one attached hydrogen (secondary N) is 1. The summed E-state index contributed by atoms with van der Waals surface area (Å²) in [4.78, 5) is 23.6. The Balaban J connectivity index is 1.75. The average Bonchev–Trinajstić information content (AvgIpc) is 3.23. The summed E-state index contributed by atoms with van der Waals surface area (Å²) in [5, 5.41) is 11.7. The largest absolute Gasteiger partial charge is 0.475 e. The number of benzene rings is 1. The molecule has 0 spiro atoms. The Labute approximate surface area is 138 Å². The second-order valence-corrected chi connectivity index (χ2v) is 6.05. The first kappa shape index (κ1) is 16.2. The van der Waals surface area contributed by atoms with Gasteiger partial charge >= 0.3 is 5.97 Å². The molecule has 6 heteroatoms. The van der Waals surface area contributed by atoms with Crippen LogP contribution in [0.25, 0.3) is 0 Å². The Bertz CT molecular complexity index is 745. The molecular weight excluding hydrogens is 313 g/mol. The molecule has 0 unspecified atom stereocenters. The molecule has 0 bridgehead atoms. The number of carbonyl (C=O) groups excluding carboxylic acids is 1. The molecule has 1 aliphatic carbocycles. The van der Waals surface area contributed by atoms with Crippen LogP contribution in [0.15, 0.2) is 40.8 Å². The van der Waals surface area contributed by atoms with Crippen molar-refractivity contribution in [3.63, 3.8) is 0 Å². The van der Waals surface area contributed by atoms with Crippen LogP contribution < -0.4 is 5.32 Å². The lowest BCUT2D eigenvalue weighted by atomic mass is 9.78. The van der Waals surface area contributed by atoms with Crippen LogP contribution in [0.2, 0.25) is 0 Å². The Morgan fingerprint density at radius 3 is 2.38 bits per heavy atom.